The van der Waals surface area contributed by atoms with Crippen molar-refractivity contribution in [3.05, 3.63) is 65.5 Å². The fourth-order valence-electron chi connectivity index (χ4n) is 1.98. The number of nitrogens with one attached hydrogen (secondary N) is 1. The molecule has 0 saturated heterocycles. The third-order valence-corrected chi connectivity index (χ3v) is 4.08. The highest BCUT2D eigenvalue weighted by molar-refractivity contribution is 7.99. The molecule has 0 aliphatic heterocycles. The number of hydrogen-bond acceptors (Lipinski definition) is 4. The number of anilines is 1. The van der Waals surface area contributed by atoms with E-state index in [2.05, 4.69) is 5.32 Å². The predicted octanol–water partition coefficient (Wildman–Crippen LogP) is 3.87. The van der Waals surface area contributed by atoms with Crippen LogP contribution in [0.25, 0.3) is 0 Å². The van der Waals surface area contributed by atoms with Crippen molar-refractivity contribution in [2.75, 3.05) is 17.7 Å². The average Bonchev–Trinajstić information content (AvgIpc) is 2.57. The van der Waals surface area contributed by atoms with Crippen LogP contribution in [0.4, 0.5) is 10.1 Å². The Labute approximate surface area is 144 Å². The van der Waals surface area contributed by atoms with E-state index in [1.807, 2.05) is 0 Å². The van der Waals surface area contributed by atoms with E-state index in [0.717, 1.165) is 5.56 Å². The summed E-state index contributed by atoms with van der Waals surface area (Å²) in [6.07, 6.45) is 0. The molecule has 2 rings (SSSR count). The van der Waals surface area contributed by atoms with Crippen LogP contribution in [0.2, 0.25) is 0 Å². The standard InChI is InChI=1S/C18H18FNO3S/c1-2-23-18(22)14-4-3-5-16(10-14)20-17(21)12-24-11-13-6-8-15(19)9-7-13/h3-10H,2,11-12H2,1H3,(H,20,21). The fraction of sp³-hybridized carbons (Fsp3) is 0.222. The van der Waals surface area contributed by atoms with Gasteiger partial charge in [-0.1, -0.05) is 18.2 Å². The summed E-state index contributed by atoms with van der Waals surface area (Å²) in [7, 11) is 0. The van der Waals surface area contributed by atoms with Crippen molar-refractivity contribution >= 4 is 29.3 Å². The monoisotopic (exact) mass is 347 g/mol. The van der Waals surface area contributed by atoms with Crippen molar-refractivity contribution in [1.29, 1.82) is 0 Å². The van der Waals surface area contributed by atoms with Crippen molar-refractivity contribution < 1.29 is 18.7 Å². The van der Waals surface area contributed by atoms with Crippen molar-refractivity contribution in [1.82, 2.24) is 0 Å². The van der Waals surface area contributed by atoms with Crippen molar-refractivity contribution in [2.45, 2.75) is 12.7 Å². The molecule has 1 amide bonds. The lowest BCUT2D eigenvalue weighted by Crippen LogP contribution is -2.15. The highest BCUT2D eigenvalue weighted by Gasteiger charge is 2.08. The van der Waals surface area contributed by atoms with E-state index in [0.29, 0.717) is 23.6 Å². The smallest absolute Gasteiger partial charge is 0.338 e. The Morgan fingerprint density at radius 1 is 1.17 bits per heavy atom. The van der Waals surface area contributed by atoms with Gasteiger partial charge in [-0.15, -0.1) is 11.8 Å². The summed E-state index contributed by atoms with van der Waals surface area (Å²) in [6.45, 7) is 2.04. The number of halogens is 1. The summed E-state index contributed by atoms with van der Waals surface area (Å²) in [5.74, 6) is 0.0304. The van der Waals surface area contributed by atoms with Gasteiger partial charge in [0.25, 0.3) is 0 Å². The molecule has 0 aliphatic carbocycles. The van der Waals surface area contributed by atoms with Crippen LogP contribution in [0, 0.1) is 5.82 Å². The van der Waals surface area contributed by atoms with Gasteiger partial charge >= 0.3 is 5.97 Å². The molecule has 4 nitrogen and oxygen atoms in total. The molecule has 2 aromatic rings. The molecule has 0 aliphatic rings. The van der Waals surface area contributed by atoms with Gasteiger partial charge in [0.15, 0.2) is 0 Å². The maximum atomic E-state index is 12.8. The fourth-order valence-corrected chi connectivity index (χ4v) is 2.77. The molecule has 0 saturated carbocycles. The Morgan fingerprint density at radius 3 is 2.62 bits per heavy atom. The van der Waals surface area contributed by atoms with Gasteiger partial charge in [-0.3, -0.25) is 4.79 Å². The van der Waals surface area contributed by atoms with Crippen LogP contribution in [0.15, 0.2) is 48.5 Å². The Morgan fingerprint density at radius 2 is 1.92 bits per heavy atom. The number of rotatable bonds is 7. The van der Waals surface area contributed by atoms with E-state index in [-0.39, 0.29) is 17.5 Å². The first-order valence-corrected chi connectivity index (χ1v) is 8.63. The minimum atomic E-state index is -0.417. The summed E-state index contributed by atoms with van der Waals surface area (Å²) < 4.78 is 17.7. The molecule has 2 aromatic carbocycles. The number of thioether (sulfide) groups is 1. The minimum absolute atomic E-state index is 0.164. The topological polar surface area (TPSA) is 55.4 Å². The van der Waals surface area contributed by atoms with E-state index in [4.69, 9.17) is 4.74 Å². The quantitative estimate of drug-likeness (QED) is 0.773. The summed E-state index contributed by atoms with van der Waals surface area (Å²) in [6, 6.07) is 12.8. The normalized spacial score (nSPS) is 10.2. The molecule has 1 N–H and O–H groups in total. The van der Waals surface area contributed by atoms with Gasteiger partial charge in [0.2, 0.25) is 5.91 Å². The van der Waals surface area contributed by atoms with Gasteiger partial charge in [-0.2, -0.15) is 0 Å². The molecule has 6 heteroatoms. The Kier molecular flexibility index (Phi) is 6.81. The first-order valence-electron chi connectivity index (χ1n) is 7.47. The molecule has 24 heavy (non-hydrogen) atoms. The third-order valence-electron chi connectivity index (χ3n) is 3.07. The van der Waals surface area contributed by atoms with E-state index < -0.39 is 5.97 Å². The van der Waals surface area contributed by atoms with E-state index in [1.165, 1.54) is 23.9 Å². The summed E-state index contributed by atoms with van der Waals surface area (Å²) in [4.78, 5) is 23.6. The maximum Gasteiger partial charge on any atom is 0.338 e. The highest BCUT2D eigenvalue weighted by Crippen LogP contribution is 2.15. The zero-order valence-corrected chi connectivity index (χ0v) is 14.1. The molecule has 0 aromatic heterocycles. The van der Waals surface area contributed by atoms with Crippen LogP contribution in [0.5, 0.6) is 0 Å². The Balaban J connectivity index is 1.82. The van der Waals surface area contributed by atoms with Crippen molar-refractivity contribution in [3.63, 3.8) is 0 Å². The van der Waals surface area contributed by atoms with Crippen molar-refractivity contribution in [3.8, 4) is 0 Å². The number of benzene rings is 2. The molecule has 0 atom stereocenters. The van der Waals surface area contributed by atoms with Crippen molar-refractivity contribution in [2.24, 2.45) is 0 Å². The lowest BCUT2D eigenvalue weighted by Gasteiger charge is -2.07. The molecule has 0 fully saturated rings. The summed E-state index contributed by atoms with van der Waals surface area (Å²) in [5.41, 5.74) is 1.90. The molecule has 0 radical (unpaired) electrons. The molecule has 0 heterocycles. The molecule has 0 bridgehead atoms. The Hall–Kier alpha value is -2.34. The second kappa shape index (κ2) is 9.08. The van der Waals surface area contributed by atoms with Crippen LogP contribution >= 0.6 is 11.8 Å². The first kappa shape index (κ1) is 18.0. The maximum absolute atomic E-state index is 12.8. The zero-order chi connectivity index (χ0) is 17.4. The number of carbonyl (C=O) groups is 2. The number of amides is 1. The van der Waals surface area contributed by atoms with Gasteiger partial charge in [-0.25, -0.2) is 9.18 Å². The lowest BCUT2D eigenvalue weighted by molar-refractivity contribution is -0.113. The third kappa shape index (κ3) is 5.70. The largest absolute Gasteiger partial charge is 0.462 e. The minimum Gasteiger partial charge on any atom is -0.462 e. The Bertz CT molecular complexity index is 704. The molecular weight excluding hydrogens is 329 g/mol. The second-order valence-electron chi connectivity index (χ2n) is 4.97. The molecule has 0 spiro atoms. The van der Waals surface area contributed by atoms with Crippen LogP contribution in [-0.2, 0) is 15.3 Å². The predicted molar refractivity (Wildman–Crippen MR) is 93.6 cm³/mol. The zero-order valence-electron chi connectivity index (χ0n) is 13.3. The molecule has 126 valence electrons. The van der Waals surface area contributed by atoms with E-state index >= 15 is 0 Å². The second-order valence-corrected chi connectivity index (χ2v) is 5.95. The van der Waals surface area contributed by atoms with Crippen LogP contribution in [-0.4, -0.2) is 24.2 Å². The van der Waals surface area contributed by atoms with Gasteiger partial charge in [-0.05, 0) is 42.8 Å². The summed E-state index contributed by atoms with van der Waals surface area (Å²) >= 11 is 1.43. The van der Waals surface area contributed by atoms with E-state index in [1.54, 1.807) is 43.3 Å². The van der Waals surface area contributed by atoms with Gasteiger partial charge in [0, 0.05) is 11.4 Å². The summed E-state index contributed by atoms with van der Waals surface area (Å²) in [5, 5.41) is 2.75. The number of carbonyl (C=O) groups excluding carboxylic acids is 2. The van der Waals surface area contributed by atoms with Crippen LogP contribution < -0.4 is 5.32 Å². The van der Waals surface area contributed by atoms with Gasteiger partial charge in [0.1, 0.15) is 5.82 Å². The molecule has 0 unspecified atom stereocenters. The average molecular weight is 347 g/mol. The van der Waals surface area contributed by atoms with E-state index in [9.17, 15) is 14.0 Å². The highest BCUT2D eigenvalue weighted by atomic mass is 32.2. The number of hydrogen-bond donors (Lipinski definition) is 1. The number of esters is 1. The lowest BCUT2D eigenvalue weighted by atomic mass is 10.2. The van der Waals surface area contributed by atoms with Crippen LogP contribution in [0.1, 0.15) is 22.8 Å². The van der Waals surface area contributed by atoms with Crippen LogP contribution in [0.3, 0.4) is 0 Å². The van der Waals surface area contributed by atoms with Gasteiger partial charge < -0.3 is 10.1 Å². The SMILES string of the molecule is CCOC(=O)c1cccc(NC(=O)CSCc2ccc(F)cc2)c1. The van der Waals surface area contributed by atoms with Gasteiger partial charge in [0.05, 0.1) is 17.9 Å². The number of ether oxygens (including phenoxy) is 1. The first-order chi connectivity index (χ1) is 11.6. The molecular formula is C18H18FNO3S.